The summed E-state index contributed by atoms with van der Waals surface area (Å²) < 4.78 is 4.95. The molecule has 6 heteroatoms. The molecule has 1 aliphatic heterocycles. The zero-order valence-corrected chi connectivity index (χ0v) is 16.0. The van der Waals surface area contributed by atoms with Crippen LogP contribution in [-0.4, -0.2) is 18.5 Å². The van der Waals surface area contributed by atoms with Gasteiger partial charge in [0.25, 0.3) is 5.91 Å². The Morgan fingerprint density at radius 2 is 1.92 bits per heavy atom. The molecule has 1 amide bonds. The van der Waals surface area contributed by atoms with Crippen molar-refractivity contribution in [3.8, 4) is 0 Å². The number of esters is 1. The molecule has 0 fully saturated rings. The number of anilines is 1. The molecule has 2 heterocycles. The highest BCUT2D eigenvalue weighted by atomic mass is 32.2. The molecule has 0 spiro atoms. The normalized spacial score (nSPS) is 13.0. The number of carbonyl (C=O) groups is 2. The zero-order valence-electron chi connectivity index (χ0n) is 14.3. The van der Waals surface area contributed by atoms with Gasteiger partial charge in [-0.05, 0) is 62.2 Å². The molecule has 0 radical (unpaired) electrons. The van der Waals surface area contributed by atoms with Gasteiger partial charge in [0.2, 0.25) is 0 Å². The van der Waals surface area contributed by atoms with Crippen molar-refractivity contribution in [2.75, 3.05) is 11.9 Å². The van der Waals surface area contributed by atoms with E-state index < -0.39 is 0 Å². The Balaban J connectivity index is 1.71. The highest BCUT2D eigenvalue weighted by Crippen LogP contribution is 2.39. The van der Waals surface area contributed by atoms with E-state index in [1.807, 2.05) is 6.08 Å². The molecule has 4 nitrogen and oxygen atoms in total. The standard InChI is InChI=1S/C19H19NO3S2/c1-4-23-19(22)13-5-7-14(8-6-13)20-18(21)17-9-16-15(10-24-17)11(2)12(3)25-16/h5-9H,4,10H2,1-3H3,(H,20,21). The SMILES string of the molecule is CCOC(=O)c1ccc(NC(=O)C2=Cc3sc(C)c(C)c3CS2)cc1. The summed E-state index contributed by atoms with van der Waals surface area (Å²) in [6.07, 6.45) is 1.97. The van der Waals surface area contributed by atoms with Crippen molar-refractivity contribution >= 4 is 46.7 Å². The van der Waals surface area contributed by atoms with Crippen LogP contribution in [0.25, 0.3) is 6.08 Å². The average Bonchev–Trinajstić information content (AvgIpc) is 2.89. The second-order valence-corrected chi connectivity index (χ2v) is 7.95. The quantitative estimate of drug-likeness (QED) is 0.785. The van der Waals surface area contributed by atoms with E-state index in [1.54, 1.807) is 54.3 Å². The molecule has 0 aliphatic carbocycles. The Bertz CT molecular complexity index is 850. The molecular formula is C19H19NO3S2. The molecule has 1 aromatic heterocycles. The van der Waals surface area contributed by atoms with E-state index in [1.165, 1.54) is 20.9 Å². The predicted molar refractivity (Wildman–Crippen MR) is 104 cm³/mol. The Labute approximate surface area is 155 Å². The van der Waals surface area contributed by atoms with E-state index in [-0.39, 0.29) is 11.9 Å². The molecule has 0 bridgehead atoms. The van der Waals surface area contributed by atoms with Gasteiger partial charge < -0.3 is 10.1 Å². The number of fused-ring (bicyclic) bond motifs is 1. The molecule has 0 saturated carbocycles. The van der Waals surface area contributed by atoms with Crippen molar-refractivity contribution in [1.29, 1.82) is 0 Å². The van der Waals surface area contributed by atoms with Crippen LogP contribution in [0, 0.1) is 13.8 Å². The molecule has 1 aromatic carbocycles. The van der Waals surface area contributed by atoms with E-state index in [0.29, 0.717) is 22.8 Å². The maximum absolute atomic E-state index is 12.5. The lowest BCUT2D eigenvalue weighted by Gasteiger charge is -2.14. The smallest absolute Gasteiger partial charge is 0.338 e. The van der Waals surface area contributed by atoms with Crippen molar-refractivity contribution in [1.82, 2.24) is 0 Å². The molecule has 1 aliphatic rings. The summed E-state index contributed by atoms with van der Waals surface area (Å²) in [7, 11) is 0. The number of aryl methyl sites for hydroxylation is 1. The van der Waals surface area contributed by atoms with Crippen LogP contribution >= 0.6 is 23.1 Å². The number of carbonyl (C=O) groups excluding carboxylic acids is 2. The van der Waals surface area contributed by atoms with Crippen LogP contribution in [0.1, 0.15) is 38.2 Å². The molecule has 2 aromatic rings. The number of benzene rings is 1. The Morgan fingerprint density at radius 1 is 1.20 bits per heavy atom. The van der Waals surface area contributed by atoms with Crippen LogP contribution in [0.15, 0.2) is 29.2 Å². The predicted octanol–water partition coefficient (Wildman–Crippen LogP) is 4.77. The molecule has 130 valence electrons. The van der Waals surface area contributed by atoms with Crippen LogP contribution in [0.5, 0.6) is 0 Å². The fraction of sp³-hybridized carbons (Fsp3) is 0.263. The number of hydrogen-bond donors (Lipinski definition) is 1. The third-order valence-corrected chi connectivity index (χ3v) is 6.30. The maximum Gasteiger partial charge on any atom is 0.338 e. The molecular weight excluding hydrogens is 354 g/mol. The highest BCUT2D eigenvalue weighted by Gasteiger charge is 2.21. The Hall–Kier alpha value is -2.05. The van der Waals surface area contributed by atoms with Gasteiger partial charge in [0.15, 0.2) is 0 Å². The summed E-state index contributed by atoms with van der Waals surface area (Å²) >= 11 is 3.29. The monoisotopic (exact) mass is 373 g/mol. The molecule has 1 N–H and O–H groups in total. The van der Waals surface area contributed by atoms with Crippen LogP contribution in [0.4, 0.5) is 5.69 Å². The summed E-state index contributed by atoms with van der Waals surface area (Å²) in [5, 5.41) is 2.89. The van der Waals surface area contributed by atoms with Crippen molar-refractivity contribution in [2.24, 2.45) is 0 Å². The minimum Gasteiger partial charge on any atom is -0.462 e. The van der Waals surface area contributed by atoms with Gasteiger partial charge in [0.05, 0.1) is 17.1 Å². The van der Waals surface area contributed by atoms with Crippen LogP contribution in [0.2, 0.25) is 0 Å². The number of rotatable bonds is 4. The lowest BCUT2D eigenvalue weighted by molar-refractivity contribution is -0.112. The van der Waals surface area contributed by atoms with Crippen molar-refractivity contribution < 1.29 is 14.3 Å². The Morgan fingerprint density at radius 3 is 2.60 bits per heavy atom. The van der Waals surface area contributed by atoms with E-state index in [0.717, 1.165) is 5.75 Å². The number of ether oxygens (including phenoxy) is 1. The lowest BCUT2D eigenvalue weighted by atomic mass is 10.1. The first-order chi connectivity index (χ1) is 12.0. The van der Waals surface area contributed by atoms with Crippen LogP contribution < -0.4 is 5.32 Å². The second-order valence-electron chi connectivity index (χ2n) is 5.68. The first-order valence-electron chi connectivity index (χ1n) is 8.01. The molecule has 25 heavy (non-hydrogen) atoms. The first kappa shape index (κ1) is 17.8. The summed E-state index contributed by atoms with van der Waals surface area (Å²) in [5.74, 6) is 0.345. The zero-order chi connectivity index (χ0) is 18.0. The molecule has 0 atom stereocenters. The minimum absolute atomic E-state index is 0.122. The fourth-order valence-electron chi connectivity index (χ4n) is 2.53. The van der Waals surface area contributed by atoms with Crippen molar-refractivity contribution in [3.63, 3.8) is 0 Å². The van der Waals surface area contributed by atoms with Crippen molar-refractivity contribution in [3.05, 3.63) is 55.6 Å². The molecule has 0 saturated heterocycles. The van der Waals surface area contributed by atoms with E-state index in [9.17, 15) is 9.59 Å². The third-order valence-electron chi connectivity index (χ3n) is 4.05. The summed E-state index contributed by atoms with van der Waals surface area (Å²) in [6.45, 7) is 6.35. The van der Waals surface area contributed by atoms with Crippen LogP contribution in [0.3, 0.4) is 0 Å². The number of amides is 1. The fourth-order valence-corrected chi connectivity index (χ4v) is 4.89. The summed E-state index contributed by atoms with van der Waals surface area (Å²) in [5.41, 5.74) is 3.80. The lowest BCUT2D eigenvalue weighted by Crippen LogP contribution is -2.14. The number of hydrogen-bond acceptors (Lipinski definition) is 5. The topological polar surface area (TPSA) is 55.4 Å². The molecule has 3 rings (SSSR count). The number of nitrogens with one attached hydrogen (secondary N) is 1. The highest BCUT2D eigenvalue weighted by molar-refractivity contribution is 8.03. The van der Waals surface area contributed by atoms with E-state index in [2.05, 4.69) is 19.2 Å². The van der Waals surface area contributed by atoms with Gasteiger partial charge in [0, 0.05) is 21.2 Å². The van der Waals surface area contributed by atoms with Crippen molar-refractivity contribution in [2.45, 2.75) is 26.5 Å². The van der Waals surface area contributed by atoms with Gasteiger partial charge in [-0.1, -0.05) is 0 Å². The van der Waals surface area contributed by atoms with E-state index >= 15 is 0 Å². The number of thiophene rings is 1. The van der Waals surface area contributed by atoms with Gasteiger partial charge >= 0.3 is 5.97 Å². The Kier molecular flexibility index (Phi) is 5.30. The van der Waals surface area contributed by atoms with Gasteiger partial charge in [-0.15, -0.1) is 23.1 Å². The average molecular weight is 373 g/mol. The minimum atomic E-state index is -0.359. The van der Waals surface area contributed by atoms with Gasteiger partial charge in [-0.25, -0.2) is 4.79 Å². The van der Waals surface area contributed by atoms with Gasteiger partial charge in [-0.3, -0.25) is 4.79 Å². The maximum atomic E-state index is 12.5. The van der Waals surface area contributed by atoms with Gasteiger partial charge in [-0.2, -0.15) is 0 Å². The second kappa shape index (κ2) is 7.45. The third kappa shape index (κ3) is 3.80. The largest absolute Gasteiger partial charge is 0.462 e. The molecule has 0 unspecified atom stereocenters. The van der Waals surface area contributed by atoms with E-state index in [4.69, 9.17) is 4.74 Å². The van der Waals surface area contributed by atoms with Crippen LogP contribution in [-0.2, 0) is 15.3 Å². The van der Waals surface area contributed by atoms with Gasteiger partial charge in [0.1, 0.15) is 0 Å². The first-order valence-corrected chi connectivity index (χ1v) is 9.81. The summed E-state index contributed by atoms with van der Waals surface area (Å²) in [6, 6.07) is 6.73. The summed E-state index contributed by atoms with van der Waals surface area (Å²) in [4.78, 5) is 27.3. The number of thioether (sulfide) groups is 1.